The number of aromatic nitrogens is 1. The van der Waals surface area contributed by atoms with Gasteiger partial charge in [0.15, 0.2) is 0 Å². The van der Waals surface area contributed by atoms with E-state index in [0.29, 0.717) is 0 Å². The Morgan fingerprint density at radius 1 is 1.62 bits per heavy atom. The van der Waals surface area contributed by atoms with Crippen LogP contribution in [0.2, 0.25) is 0 Å². The quantitative estimate of drug-likeness (QED) is 0.848. The number of oxazole rings is 1. The highest BCUT2D eigenvalue weighted by Crippen LogP contribution is 2.24. The Balaban J connectivity index is 1.99. The smallest absolute Gasteiger partial charge is 0.297 e. The first-order valence-electron chi connectivity index (χ1n) is 6.17. The third-order valence-corrected chi connectivity index (χ3v) is 3.26. The van der Waals surface area contributed by atoms with Crippen molar-refractivity contribution in [2.75, 3.05) is 25.0 Å². The molecule has 1 aliphatic heterocycles. The number of hydrogen-bond donors (Lipinski definition) is 1. The maximum Gasteiger partial charge on any atom is 0.297 e. The Labute approximate surface area is 97.0 Å². The first-order valence-corrected chi connectivity index (χ1v) is 6.17. The van der Waals surface area contributed by atoms with Gasteiger partial charge in [-0.3, -0.25) is 0 Å². The van der Waals surface area contributed by atoms with E-state index in [-0.39, 0.29) is 0 Å². The van der Waals surface area contributed by atoms with Crippen molar-refractivity contribution in [1.29, 1.82) is 0 Å². The van der Waals surface area contributed by atoms with Gasteiger partial charge in [-0.05, 0) is 25.8 Å². The Hall–Kier alpha value is -1.03. The summed E-state index contributed by atoms with van der Waals surface area (Å²) in [7, 11) is 1.92. The maximum absolute atomic E-state index is 5.52. The summed E-state index contributed by atoms with van der Waals surface area (Å²) < 4.78 is 5.52. The van der Waals surface area contributed by atoms with Crippen LogP contribution in [0.25, 0.3) is 0 Å². The van der Waals surface area contributed by atoms with Gasteiger partial charge in [0.25, 0.3) is 6.01 Å². The van der Waals surface area contributed by atoms with E-state index in [1.54, 1.807) is 6.26 Å². The van der Waals surface area contributed by atoms with Gasteiger partial charge in [0.1, 0.15) is 6.26 Å². The van der Waals surface area contributed by atoms with Gasteiger partial charge < -0.3 is 14.6 Å². The van der Waals surface area contributed by atoms with E-state index < -0.39 is 0 Å². The lowest BCUT2D eigenvalue weighted by Crippen LogP contribution is -2.35. The van der Waals surface area contributed by atoms with Crippen molar-refractivity contribution in [1.82, 2.24) is 10.3 Å². The second kappa shape index (κ2) is 5.34. The SMILES string of the molecule is CCC1CCCN(c2nc(CNC)co2)C1. The Kier molecular flexibility index (Phi) is 3.83. The normalized spacial score (nSPS) is 21.4. The molecule has 4 heteroatoms. The number of anilines is 1. The first-order chi connectivity index (χ1) is 7.83. The van der Waals surface area contributed by atoms with Gasteiger partial charge in [0.2, 0.25) is 0 Å². The van der Waals surface area contributed by atoms with Crippen molar-refractivity contribution >= 4 is 6.01 Å². The average molecular weight is 223 g/mol. The summed E-state index contributed by atoms with van der Waals surface area (Å²) in [5.41, 5.74) is 0.983. The molecule has 1 aromatic rings. The molecule has 1 atom stereocenters. The molecule has 90 valence electrons. The zero-order valence-corrected chi connectivity index (χ0v) is 10.2. The van der Waals surface area contributed by atoms with Crippen LogP contribution in [0.15, 0.2) is 10.7 Å². The minimum absolute atomic E-state index is 0.772. The van der Waals surface area contributed by atoms with Gasteiger partial charge in [-0.1, -0.05) is 13.3 Å². The highest BCUT2D eigenvalue weighted by molar-refractivity contribution is 5.27. The molecule has 1 unspecified atom stereocenters. The minimum Gasteiger partial charge on any atom is -0.432 e. The van der Waals surface area contributed by atoms with Crippen LogP contribution < -0.4 is 10.2 Å². The van der Waals surface area contributed by atoms with E-state index in [0.717, 1.165) is 37.3 Å². The van der Waals surface area contributed by atoms with Gasteiger partial charge >= 0.3 is 0 Å². The third kappa shape index (κ3) is 2.55. The molecule has 0 radical (unpaired) electrons. The minimum atomic E-state index is 0.772. The van der Waals surface area contributed by atoms with Crippen molar-refractivity contribution in [3.63, 3.8) is 0 Å². The van der Waals surface area contributed by atoms with Gasteiger partial charge in [-0.25, -0.2) is 0 Å². The molecule has 4 nitrogen and oxygen atoms in total. The van der Waals surface area contributed by atoms with E-state index >= 15 is 0 Å². The summed E-state index contributed by atoms with van der Waals surface area (Å²) in [5, 5.41) is 3.08. The largest absolute Gasteiger partial charge is 0.432 e. The summed E-state index contributed by atoms with van der Waals surface area (Å²) in [6, 6.07) is 0.795. The standard InChI is InChI=1S/C12H21N3O/c1-3-10-5-4-6-15(8-10)12-14-11(7-13-2)9-16-12/h9-10,13H,3-8H2,1-2H3. The molecule has 1 fully saturated rings. The predicted octanol–water partition coefficient (Wildman–Crippen LogP) is 2.02. The molecule has 16 heavy (non-hydrogen) atoms. The maximum atomic E-state index is 5.52. The molecule has 0 bridgehead atoms. The van der Waals surface area contributed by atoms with Gasteiger partial charge in [0.05, 0.1) is 5.69 Å². The van der Waals surface area contributed by atoms with Gasteiger partial charge in [-0.15, -0.1) is 0 Å². The number of hydrogen-bond acceptors (Lipinski definition) is 4. The Bertz CT molecular complexity index is 324. The fourth-order valence-electron chi connectivity index (χ4n) is 2.28. The average Bonchev–Trinajstić information content (AvgIpc) is 2.78. The van der Waals surface area contributed by atoms with Crippen LogP contribution in [-0.4, -0.2) is 25.1 Å². The van der Waals surface area contributed by atoms with Crippen LogP contribution >= 0.6 is 0 Å². The summed E-state index contributed by atoms with van der Waals surface area (Å²) in [5.74, 6) is 0.799. The van der Waals surface area contributed by atoms with E-state index in [4.69, 9.17) is 4.42 Å². The lowest BCUT2D eigenvalue weighted by molar-refractivity contribution is 0.384. The molecule has 0 spiro atoms. The molecule has 0 aromatic carbocycles. The lowest BCUT2D eigenvalue weighted by Gasteiger charge is -2.30. The molecule has 0 amide bonds. The molecule has 1 N–H and O–H groups in total. The zero-order chi connectivity index (χ0) is 11.4. The van der Waals surface area contributed by atoms with Crippen LogP contribution in [0.3, 0.4) is 0 Å². The molecule has 1 aliphatic rings. The number of nitrogens with one attached hydrogen (secondary N) is 1. The van der Waals surface area contributed by atoms with Crippen molar-refractivity contribution in [3.8, 4) is 0 Å². The van der Waals surface area contributed by atoms with Crippen LogP contribution in [0.4, 0.5) is 6.01 Å². The number of piperidine rings is 1. The number of rotatable bonds is 4. The summed E-state index contributed by atoms with van der Waals surface area (Å²) in [6.07, 6.45) is 5.60. The van der Waals surface area contributed by atoms with E-state index in [9.17, 15) is 0 Å². The lowest BCUT2D eigenvalue weighted by atomic mass is 9.96. The van der Waals surface area contributed by atoms with Gasteiger partial charge in [-0.2, -0.15) is 4.98 Å². The molecular formula is C12H21N3O. The van der Waals surface area contributed by atoms with E-state index in [1.807, 2.05) is 7.05 Å². The Morgan fingerprint density at radius 3 is 3.25 bits per heavy atom. The number of nitrogens with zero attached hydrogens (tertiary/aromatic N) is 2. The Morgan fingerprint density at radius 2 is 2.50 bits per heavy atom. The van der Waals surface area contributed by atoms with Crippen molar-refractivity contribution in [2.24, 2.45) is 5.92 Å². The fraction of sp³-hybridized carbons (Fsp3) is 0.750. The molecule has 1 saturated heterocycles. The summed E-state index contributed by atoms with van der Waals surface area (Å²) in [4.78, 5) is 6.76. The van der Waals surface area contributed by atoms with Crippen LogP contribution in [0.5, 0.6) is 0 Å². The third-order valence-electron chi connectivity index (χ3n) is 3.26. The van der Waals surface area contributed by atoms with Crippen LogP contribution in [0.1, 0.15) is 31.9 Å². The zero-order valence-electron chi connectivity index (χ0n) is 10.2. The highest BCUT2D eigenvalue weighted by atomic mass is 16.4. The molecule has 0 saturated carbocycles. The first kappa shape index (κ1) is 11.5. The molecular weight excluding hydrogens is 202 g/mol. The van der Waals surface area contributed by atoms with Crippen LogP contribution in [-0.2, 0) is 6.54 Å². The highest BCUT2D eigenvalue weighted by Gasteiger charge is 2.21. The second-order valence-electron chi connectivity index (χ2n) is 4.51. The fourth-order valence-corrected chi connectivity index (χ4v) is 2.28. The summed E-state index contributed by atoms with van der Waals surface area (Å²) in [6.45, 7) is 5.21. The topological polar surface area (TPSA) is 41.3 Å². The van der Waals surface area contributed by atoms with Crippen molar-refractivity contribution in [3.05, 3.63) is 12.0 Å². The molecule has 2 rings (SSSR count). The summed E-state index contributed by atoms with van der Waals surface area (Å²) >= 11 is 0. The van der Waals surface area contributed by atoms with Crippen LogP contribution in [0, 0.1) is 5.92 Å². The van der Waals surface area contributed by atoms with Crippen molar-refractivity contribution < 1.29 is 4.42 Å². The monoisotopic (exact) mass is 223 g/mol. The second-order valence-corrected chi connectivity index (χ2v) is 4.51. The van der Waals surface area contributed by atoms with E-state index in [1.165, 1.54) is 19.3 Å². The van der Waals surface area contributed by atoms with Crippen molar-refractivity contribution in [2.45, 2.75) is 32.7 Å². The molecule has 1 aromatic heterocycles. The predicted molar refractivity (Wildman–Crippen MR) is 64.5 cm³/mol. The molecule has 2 heterocycles. The van der Waals surface area contributed by atoms with E-state index in [2.05, 4.69) is 22.1 Å². The van der Waals surface area contributed by atoms with Gasteiger partial charge in [0, 0.05) is 19.6 Å². The molecule has 0 aliphatic carbocycles.